The first-order valence-electron chi connectivity index (χ1n) is 9.99. The van der Waals surface area contributed by atoms with Crippen molar-refractivity contribution >= 4 is 11.7 Å². The number of nitrogens with zero attached hydrogens (tertiary/aromatic N) is 3. The maximum absolute atomic E-state index is 13.0. The number of hydrogen-bond donors (Lipinski definition) is 1. The van der Waals surface area contributed by atoms with Crippen LogP contribution in [0.2, 0.25) is 0 Å². The fourth-order valence-electron chi connectivity index (χ4n) is 4.02. The largest absolute Gasteiger partial charge is 0.494 e. The van der Waals surface area contributed by atoms with Gasteiger partial charge < -0.3 is 10.1 Å². The van der Waals surface area contributed by atoms with Crippen molar-refractivity contribution in [3.63, 3.8) is 0 Å². The number of rotatable bonds is 5. The van der Waals surface area contributed by atoms with Gasteiger partial charge in [-0.15, -0.1) is 0 Å². The lowest BCUT2D eigenvalue weighted by Gasteiger charge is -2.38. The highest BCUT2D eigenvalue weighted by atomic mass is 16.5. The third kappa shape index (κ3) is 3.55. The lowest BCUT2D eigenvalue weighted by atomic mass is 9.73. The summed E-state index contributed by atoms with van der Waals surface area (Å²) < 4.78 is 7.65. The third-order valence-electron chi connectivity index (χ3n) is 5.43. The summed E-state index contributed by atoms with van der Waals surface area (Å²) in [5.41, 5.74) is 2.75. The number of benzene rings is 1. The fourth-order valence-corrected chi connectivity index (χ4v) is 4.02. The lowest BCUT2D eigenvalue weighted by Crippen LogP contribution is -2.36. The van der Waals surface area contributed by atoms with E-state index < -0.39 is 0 Å². The molecule has 1 aromatic heterocycles. The molecule has 28 heavy (non-hydrogen) atoms. The highest BCUT2D eigenvalue weighted by Crippen LogP contribution is 2.45. The van der Waals surface area contributed by atoms with E-state index in [0.29, 0.717) is 24.9 Å². The number of allylic oxidation sites excluding steroid dienone is 2. The quantitative estimate of drug-likeness (QED) is 0.835. The molecular formula is C22H28N4O2. The number of Topliss-reactive ketones (excluding diaryl/α,β-unsaturated/α-hetero) is 1. The molecule has 2 aromatic rings. The van der Waals surface area contributed by atoms with Crippen molar-refractivity contribution in [3.05, 3.63) is 47.4 Å². The summed E-state index contributed by atoms with van der Waals surface area (Å²) in [6.45, 7) is 9.35. The van der Waals surface area contributed by atoms with E-state index in [0.717, 1.165) is 35.4 Å². The minimum absolute atomic E-state index is 0.0518. The number of ether oxygens (including phenoxy) is 1. The molecule has 1 unspecified atom stereocenters. The smallest absolute Gasteiger partial charge is 0.226 e. The highest BCUT2D eigenvalue weighted by Gasteiger charge is 2.41. The molecule has 1 atom stereocenters. The van der Waals surface area contributed by atoms with Crippen LogP contribution in [0.1, 0.15) is 58.6 Å². The van der Waals surface area contributed by atoms with Gasteiger partial charge in [0.15, 0.2) is 5.78 Å². The van der Waals surface area contributed by atoms with E-state index in [-0.39, 0.29) is 17.2 Å². The van der Waals surface area contributed by atoms with Gasteiger partial charge in [-0.3, -0.25) is 4.79 Å². The van der Waals surface area contributed by atoms with E-state index >= 15 is 0 Å². The zero-order valence-electron chi connectivity index (χ0n) is 17.0. The van der Waals surface area contributed by atoms with Crippen LogP contribution < -0.4 is 10.1 Å². The summed E-state index contributed by atoms with van der Waals surface area (Å²) in [5, 5.41) is 7.73. The monoisotopic (exact) mass is 380 g/mol. The van der Waals surface area contributed by atoms with E-state index in [9.17, 15) is 4.79 Å². The molecule has 0 radical (unpaired) electrons. The van der Waals surface area contributed by atoms with Crippen LogP contribution >= 0.6 is 0 Å². The molecule has 1 N–H and O–H groups in total. The second kappa shape index (κ2) is 7.08. The summed E-state index contributed by atoms with van der Waals surface area (Å²) >= 11 is 0. The maximum Gasteiger partial charge on any atom is 0.226 e. The van der Waals surface area contributed by atoms with Crippen molar-refractivity contribution in [2.45, 2.75) is 53.0 Å². The topological polar surface area (TPSA) is 69.0 Å². The molecule has 2 aliphatic rings. The number of aromatic nitrogens is 3. The van der Waals surface area contributed by atoms with E-state index in [1.54, 1.807) is 0 Å². The number of fused-ring (bicyclic) bond motifs is 1. The minimum atomic E-state index is -0.248. The zero-order valence-corrected chi connectivity index (χ0v) is 17.0. The van der Waals surface area contributed by atoms with Crippen LogP contribution in [0.3, 0.4) is 0 Å². The maximum atomic E-state index is 13.0. The molecular weight excluding hydrogens is 352 g/mol. The summed E-state index contributed by atoms with van der Waals surface area (Å²) in [6, 6.07) is 7.77. The van der Waals surface area contributed by atoms with Crippen molar-refractivity contribution in [1.29, 1.82) is 0 Å². The average Bonchev–Trinajstić information content (AvgIpc) is 3.07. The predicted octanol–water partition coefficient (Wildman–Crippen LogP) is 4.36. The number of nitrogens with one attached hydrogen (secondary N) is 1. The summed E-state index contributed by atoms with van der Waals surface area (Å²) in [7, 11) is 0. The van der Waals surface area contributed by atoms with E-state index in [4.69, 9.17) is 4.74 Å². The number of carbonyl (C=O) groups excluding carboxylic acids is 1. The molecule has 1 aliphatic carbocycles. The lowest BCUT2D eigenvalue weighted by molar-refractivity contribution is -0.118. The Labute approximate surface area is 166 Å². The van der Waals surface area contributed by atoms with Crippen molar-refractivity contribution in [3.8, 4) is 5.75 Å². The third-order valence-corrected chi connectivity index (χ3v) is 5.43. The van der Waals surface area contributed by atoms with Crippen LogP contribution in [0, 0.1) is 11.3 Å². The van der Waals surface area contributed by atoms with Gasteiger partial charge in [0, 0.05) is 17.7 Å². The SMILES string of the molecule is CC(C)CCOc1ccc(C2C3=C(CC(C)(C)CC3=O)Nc3ncnn32)cc1. The molecule has 0 amide bonds. The summed E-state index contributed by atoms with van der Waals surface area (Å²) in [6.07, 6.45) is 3.93. The van der Waals surface area contributed by atoms with E-state index in [1.807, 2.05) is 28.9 Å². The average molecular weight is 380 g/mol. The van der Waals surface area contributed by atoms with E-state index in [1.165, 1.54) is 6.33 Å². The van der Waals surface area contributed by atoms with E-state index in [2.05, 4.69) is 43.1 Å². The normalized spacial score (nSPS) is 20.6. The Morgan fingerprint density at radius 3 is 2.71 bits per heavy atom. The molecule has 2 heterocycles. The van der Waals surface area contributed by atoms with Crippen LogP contribution in [-0.2, 0) is 4.79 Å². The molecule has 6 heteroatoms. The number of carbonyl (C=O) groups is 1. The van der Waals surface area contributed by atoms with Crippen molar-refractivity contribution in [1.82, 2.24) is 14.8 Å². The molecule has 0 saturated carbocycles. The summed E-state index contributed by atoms with van der Waals surface area (Å²) in [4.78, 5) is 17.4. The first-order chi connectivity index (χ1) is 13.3. The Morgan fingerprint density at radius 2 is 2.00 bits per heavy atom. The van der Waals surface area contributed by atoms with Crippen LogP contribution in [0.15, 0.2) is 41.9 Å². The van der Waals surface area contributed by atoms with Gasteiger partial charge in [0.05, 0.1) is 6.61 Å². The molecule has 0 saturated heterocycles. The molecule has 0 fully saturated rings. The molecule has 1 aliphatic heterocycles. The summed E-state index contributed by atoms with van der Waals surface area (Å²) in [5.74, 6) is 2.34. The van der Waals surface area contributed by atoms with Crippen LogP contribution in [0.4, 0.5) is 5.95 Å². The molecule has 6 nitrogen and oxygen atoms in total. The van der Waals surface area contributed by atoms with Crippen LogP contribution in [-0.4, -0.2) is 27.2 Å². The van der Waals surface area contributed by atoms with Crippen molar-refractivity contribution in [2.75, 3.05) is 11.9 Å². The second-order valence-electron chi connectivity index (χ2n) is 8.99. The first-order valence-corrected chi connectivity index (χ1v) is 9.99. The Bertz CT molecular complexity index is 909. The van der Waals surface area contributed by atoms with Crippen LogP contribution in [0.5, 0.6) is 5.75 Å². The van der Waals surface area contributed by atoms with Gasteiger partial charge in [0.1, 0.15) is 18.1 Å². The number of hydrogen-bond acceptors (Lipinski definition) is 5. The molecule has 0 bridgehead atoms. The van der Waals surface area contributed by atoms with Crippen molar-refractivity contribution in [2.24, 2.45) is 11.3 Å². The highest BCUT2D eigenvalue weighted by molar-refractivity contribution is 6.00. The van der Waals surface area contributed by atoms with Gasteiger partial charge in [-0.1, -0.05) is 39.8 Å². The Balaban J connectivity index is 1.66. The molecule has 4 rings (SSSR count). The standard InChI is InChI=1S/C22H28N4O2/c1-14(2)9-10-28-16-7-5-15(6-8-16)20-19-17(11-22(3,4)12-18(19)27)25-21-23-13-24-26(20)21/h5-8,13-14,20H,9-12H2,1-4H3,(H,23,24,25). The van der Waals surface area contributed by atoms with Crippen molar-refractivity contribution < 1.29 is 9.53 Å². The van der Waals surface area contributed by atoms with Gasteiger partial charge >= 0.3 is 0 Å². The second-order valence-corrected chi connectivity index (χ2v) is 8.99. The van der Waals surface area contributed by atoms with Crippen LogP contribution in [0.25, 0.3) is 0 Å². The Kier molecular flexibility index (Phi) is 4.73. The fraction of sp³-hybridized carbons (Fsp3) is 0.500. The van der Waals surface area contributed by atoms with Gasteiger partial charge in [-0.2, -0.15) is 10.1 Å². The first kappa shape index (κ1) is 18.7. The van der Waals surface area contributed by atoms with Gasteiger partial charge in [-0.05, 0) is 41.9 Å². The Hall–Kier alpha value is -2.63. The number of ketones is 1. The molecule has 1 aromatic carbocycles. The van der Waals surface area contributed by atoms with Gasteiger partial charge in [0.25, 0.3) is 0 Å². The number of anilines is 1. The van der Waals surface area contributed by atoms with Gasteiger partial charge in [0.2, 0.25) is 5.95 Å². The predicted molar refractivity (Wildman–Crippen MR) is 108 cm³/mol. The molecule has 148 valence electrons. The Morgan fingerprint density at radius 1 is 1.25 bits per heavy atom. The zero-order chi connectivity index (χ0) is 19.9. The van der Waals surface area contributed by atoms with Gasteiger partial charge in [-0.25, -0.2) is 4.68 Å². The minimum Gasteiger partial charge on any atom is -0.494 e. The molecule has 0 spiro atoms.